The van der Waals surface area contributed by atoms with Gasteiger partial charge in [0.1, 0.15) is 13.2 Å². The van der Waals surface area contributed by atoms with Crippen LogP contribution in [-0.4, -0.2) is 19.2 Å². The lowest BCUT2D eigenvalue weighted by atomic mass is 10.1. The van der Waals surface area contributed by atoms with Crippen molar-refractivity contribution in [1.29, 1.82) is 0 Å². The van der Waals surface area contributed by atoms with Gasteiger partial charge in [0, 0.05) is 11.6 Å². The van der Waals surface area contributed by atoms with Crippen LogP contribution in [-0.2, 0) is 6.54 Å². The number of carbonyl (C=O) groups excluding carboxylic acids is 1. The Labute approximate surface area is 145 Å². The van der Waals surface area contributed by atoms with E-state index in [1.54, 1.807) is 12.1 Å². The number of urea groups is 1. The summed E-state index contributed by atoms with van der Waals surface area (Å²) in [4.78, 5) is 12.1. The van der Waals surface area contributed by atoms with Crippen LogP contribution in [0.3, 0.4) is 0 Å². The normalized spacial score (nSPS) is 13.9. The van der Waals surface area contributed by atoms with Crippen LogP contribution in [0.5, 0.6) is 11.5 Å². The van der Waals surface area contributed by atoms with Crippen LogP contribution in [0.25, 0.3) is 0 Å². The van der Waals surface area contributed by atoms with Crippen molar-refractivity contribution in [1.82, 2.24) is 10.6 Å². The van der Waals surface area contributed by atoms with Crippen molar-refractivity contribution in [3.8, 4) is 11.5 Å². The molecule has 0 bridgehead atoms. The average Bonchev–Trinajstić information content (AvgIpc) is 2.61. The van der Waals surface area contributed by atoms with E-state index in [9.17, 15) is 4.79 Å². The third-order valence-electron chi connectivity index (χ3n) is 3.78. The maximum Gasteiger partial charge on any atom is 0.315 e. The monoisotopic (exact) mass is 346 g/mol. The third-order valence-corrected chi connectivity index (χ3v) is 4.03. The van der Waals surface area contributed by atoms with Gasteiger partial charge in [-0.25, -0.2) is 4.79 Å². The Hall–Kier alpha value is -2.40. The molecule has 126 valence electrons. The minimum absolute atomic E-state index is 0.147. The minimum atomic E-state index is -0.229. The summed E-state index contributed by atoms with van der Waals surface area (Å²) in [6, 6.07) is 12.7. The van der Waals surface area contributed by atoms with E-state index >= 15 is 0 Å². The van der Waals surface area contributed by atoms with Gasteiger partial charge in [-0.3, -0.25) is 0 Å². The number of rotatable bonds is 4. The van der Waals surface area contributed by atoms with E-state index in [4.69, 9.17) is 21.1 Å². The molecule has 0 aromatic heterocycles. The first-order valence-electron chi connectivity index (χ1n) is 7.80. The lowest BCUT2D eigenvalue weighted by Crippen LogP contribution is -2.36. The maximum absolute atomic E-state index is 12.1. The van der Waals surface area contributed by atoms with Crippen LogP contribution >= 0.6 is 11.6 Å². The summed E-state index contributed by atoms with van der Waals surface area (Å²) in [5, 5.41) is 6.42. The van der Waals surface area contributed by atoms with Crippen molar-refractivity contribution in [2.45, 2.75) is 19.5 Å². The number of nitrogens with one attached hydrogen (secondary N) is 2. The molecule has 3 rings (SSSR count). The molecule has 2 amide bonds. The van der Waals surface area contributed by atoms with Gasteiger partial charge in [0.05, 0.1) is 6.04 Å². The molecule has 6 heteroatoms. The first kappa shape index (κ1) is 16.5. The van der Waals surface area contributed by atoms with Gasteiger partial charge in [0.25, 0.3) is 0 Å². The molecule has 0 saturated carbocycles. The molecule has 1 aliphatic heterocycles. The smallest absolute Gasteiger partial charge is 0.315 e. The van der Waals surface area contributed by atoms with E-state index in [-0.39, 0.29) is 12.1 Å². The minimum Gasteiger partial charge on any atom is -0.486 e. The fourth-order valence-corrected chi connectivity index (χ4v) is 2.57. The van der Waals surface area contributed by atoms with E-state index in [1.807, 2.05) is 37.3 Å². The molecule has 0 saturated heterocycles. The second kappa shape index (κ2) is 7.45. The van der Waals surface area contributed by atoms with Crippen molar-refractivity contribution in [2.24, 2.45) is 0 Å². The predicted molar refractivity (Wildman–Crippen MR) is 92.7 cm³/mol. The van der Waals surface area contributed by atoms with Gasteiger partial charge in [0.15, 0.2) is 11.5 Å². The van der Waals surface area contributed by atoms with Gasteiger partial charge in [-0.2, -0.15) is 0 Å². The van der Waals surface area contributed by atoms with E-state index in [1.165, 1.54) is 0 Å². The Balaban J connectivity index is 1.55. The van der Waals surface area contributed by atoms with Crippen LogP contribution in [0.2, 0.25) is 5.02 Å². The highest BCUT2D eigenvalue weighted by Crippen LogP contribution is 2.32. The summed E-state index contributed by atoms with van der Waals surface area (Å²) in [6.45, 7) is 3.47. The Kier molecular flexibility index (Phi) is 5.11. The molecule has 0 aliphatic carbocycles. The molecule has 2 N–H and O–H groups in total. The largest absolute Gasteiger partial charge is 0.486 e. The van der Waals surface area contributed by atoms with Crippen molar-refractivity contribution < 1.29 is 14.3 Å². The third kappa shape index (κ3) is 4.11. The number of fused-ring (bicyclic) bond motifs is 1. The number of amides is 2. The average molecular weight is 347 g/mol. The van der Waals surface area contributed by atoms with Crippen LogP contribution in [0.1, 0.15) is 24.1 Å². The SMILES string of the molecule is CC(NC(=O)NCc1ccc(Cl)cc1)c1ccc2c(c1)OCCO2. The molecule has 1 aliphatic rings. The predicted octanol–water partition coefficient (Wildman–Crippen LogP) is 3.67. The van der Waals surface area contributed by atoms with Crippen LogP contribution in [0.4, 0.5) is 4.79 Å². The molecule has 0 radical (unpaired) electrons. The van der Waals surface area contributed by atoms with E-state index in [2.05, 4.69) is 10.6 Å². The number of halogens is 1. The molecule has 2 aromatic carbocycles. The molecule has 24 heavy (non-hydrogen) atoms. The molecule has 5 nitrogen and oxygen atoms in total. The summed E-state index contributed by atoms with van der Waals surface area (Å²) in [7, 11) is 0. The van der Waals surface area contributed by atoms with E-state index in [0.29, 0.717) is 30.5 Å². The highest BCUT2D eigenvalue weighted by atomic mass is 35.5. The Morgan fingerprint density at radius 3 is 2.58 bits per heavy atom. The molecular formula is C18H19ClN2O3. The molecule has 1 heterocycles. The lowest BCUT2D eigenvalue weighted by molar-refractivity contribution is 0.171. The zero-order valence-corrected chi connectivity index (χ0v) is 14.1. The van der Waals surface area contributed by atoms with Crippen LogP contribution in [0.15, 0.2) is 42.5 Å². The fourth-order valence-electron chi connectivity index (χ4n) is 2.44. The second-order valence-corrected chi connectivity index (χ2v) is 6.01. The molecule has 0 fully saturated rings. The van der Waals surface area contributed by atoms with Crippen LogP contribution < -0.4 is 20.1 Å². The highest BCUT2D eigenvalue weighted by molar-refractivity contribution is 6.30. The number of hydrogen-bond donors (Lipinski definition) is 2. The van der Waals surface area contributed by atoms with Crippen LogP contribution in [0, 0.1) is 0 Å². The van der Waals surface area contributed by atoms with Crippen molar-refractivity contribution in [3.63, 3.8) is 0 Å². The van der Waals surface area contributed by atoms with Gasteiger partial charge >= 0.3 is 6.03 Å². The molecular weight excluding hydrogens is 328 g/mol. The van der Waals surface area contributed by atoms with Crippen molar-refractivity contribution in [2.75, 3.05) is 13.2 Å². The van der Waals surface area contributed by atoms with Gasteiger partial charge in [-0.1, -0.05) is 29.8 Å². The molecule has 1 atom stereocenters. The topological polar surface area (TPSA) is 59.6 Å². The maximum atomic E-state index is 12.1. The zero-order chi connectivity index (χ0) is 16.9. The Bertz CT molecular complexity index is 719. The zero-order valence-electron chi connectivity index (χ0n) is 13.3. The van der Waals surface area contributed by atoms with Gasteiger partial charge < -0.3 is 20.1 Å². The molecule has 0 spiro atoms. The number of carbonyl (C=O) groups is 1. The van der Waals surface area contributed by atoms with Gasteiger partial charge in [-0.05, 0) is 42.3 Å². The molecule has 2 aromatic rings. The second-order valence-electron chi connectivity index (χ2n) is 5.58. The summed E-state index contributed by atoms with van der Waals surface area (Å²) in [5.41, 5.74) is 1.95. The highest BCUT2D eigenvalue weighted by Gasteiger charge is 2.15. The van der Waals surface area contributed by atoms with Crippen molar-refractivity contribution >= 4 is 17.6 Å². The number of hydrogen-bond acceptors (Lipinski definition) is 3. The number of ether oxygens (including phenoxy) is 2. The first-order valence-corrected chi connectivity index (χ1v) is 8.18. The summed E-state index contributed by atoms with van der Waals surface area (Å²) in [6.07, 6.45) is 0. The van der Waals surface area contributed by atoms with Gasteiger partial charge in [0.2, 0.25) is 0 Å². The van der Waals surface area contributed by atoms with E-state index < -0.39 is 0 Å². The standard InChI is InChI=1S/C18H19ClN2O3/c1-12(14-4-7-16-17(10-14)24-9-8-23-16)21-18(22)20-11-13-2-5-15(19)6-3-13/h2-7,10,12H,8-9,11H2,1H3,(H2,20,21,22). The number of benzene rings is 2. The van der Waals surface area contributed by atoms with E-state index in [0.717, 1.165) is 16.9 Å². The lowest BCUT2D eigenvalue weighted by Gasteiger charge is -2.21. The molecule has 1 unspecified atom stereocenters. The Morgan fingerprint density at radius 2 is 1.83 bits per heavy atom. The summed E-state index contributed by atoms with van der Waals surface area (Å²) < 4.78 is 11.1. The quantitative estimate of drug-likeness (QED) is 0.888. The summed E-state index contributed by atoms with van der Waals surface area (Å²) >= 11 is 5.84. The van der Waals surface area contributed by atoms with Crippen molar-refractivity contribution in [3.05, 3.63) is 58.6 Å². The first-order chi connectivity index (χ1) is 11.6. The fraction of sp³-hybridized carbons (Fsp3) is 0.278. The Morgan fingerprint density at radius 1 is 1.12 bits per heavy atom. The summed E-state index contributed by atoms with van der Waals surface area (Å²) in [5.74, 6) is 1.46. The van der Waals surface area contributed by atoms with Gasteiger partial charge in [-0.15, -0.1) is 0 Å².